The number of carbonyl (C=O) groups excluding carboxylic acids is 1. The number of aliphatic hydroxyl groups excluding tert-OH is 1. The minimum atomic E-state index is -0.966. The summed E-state index contributed by atoms with van der Waals surface area (Å²) in [6.45, 7) is 6.12. The smallest absolute Gasteiger partial charge is 0.407 e. The first-order valence-electron chi connectivity index (χ1n) is 10.5. The van der Waals surface area contributed by atoms with E-state index in [1.807, 2.05) is 63.2 Å². The van der Waals surface area contributed by atoms with Crippen LogP contribution < -0.4 is 14.8 Å². The zero-order chi connectivity index (χ0) is 22.4. The molecule has 2 aromatic carbocycles. The number of benzene rings is 2. The molecule has 1 unspecified atom stereocenters. The van der Waals surface area contributed by atoms with Crippen molar-refractivity contribution in [2.45, 2.75) is 51.9 Å². The zero-order valence-electron chi connectivity index (χ0n) is 18.1. The summed E-state index contributed by atoms with van der Waals surface area (Å²) in [6, 6.07) is 15.4. The van der Waals surface area contributed by atoms with Crippen LogP contribution >= 0.6 is 22.6 Å². The molecular weight excluding hydrogens is 509 g/mol. The highest BCUT2D eigenvalue weighted by atomic mass is 127. The summed E-state index contributed by atoms with van der Waals surface area (Å²) in [5.74, 6) is 1.53. The van der Waals surface area contributed by atoms with Gasteiger partial charge < -0.3 is 24.6 Å². The lowest BCUT2D eigenvalue weighted by Gasteiger charge is -2.34. The number of aryl methyl sites for hydroxylation is 1. The Morgan fingerprint density at radius 3 is 2.71 bits per heavy atom. The van der Waals surface area contributed by atoms with Crippen LogP contribution in [0.2, 0.25) is 0 Å². The molecule has 168 valence electrons. The predicted octanol–water partition coefficient (Wildman–Crippen LogP) is 4.57. The Morgan fingerprint density at radius 1 is 1.26 bits per heavy atom. The van der Waals surface area contributed by atoms with Crippen LogP contribution in [0.5, 0.6) is 11.5 Å². The van der Waals surface area contributed by atoms with E-state index in [2.05, 4.69) is 34.0 Å². The van der Waals surface area contributed by atoms with Gasteiger partial charge in [0.2, 0.25) is 0 Å². The Kier molecular flexibility index (Phi) is 8.05. The van der Waals surface area contributed by atoms with Crippen molar-refractivity contribution in [2.24, 2.45) is 5.41 Å². The number of alkyl carbamates (subject to hydrolysis) is 1. The molecule has 0 bridgehead atoms. The zero-order valence-corrected chi connectivity index (χ0v) is 20.3. The maximum Gasteiger partial charge on any atom is 0.407 e. The van der Waals surface area contributed by atoms with E-state index in [4.69, 9.17) is 14.2 Å². The van der Waals surface area contributed by atoms with Crippen molar-refractivity contribution in [2.75, 3.05) is 13.2 Å². The molecule has 6 nitrogen and oxygen atoms in total. The van der Waals surface area contributed by atoms with Crippen molar-refractivity contribution in [3.63, 3.8) is 0 Å². The number of amides is 1. The number of hydrogen-bond donors (Lipinski definition) is 2. The normalized spacial score (nSPS) is 17.6. The molecule has 0 aliphatic carbocycles. The lowest BCUT2D eigenvalue weighted by atomic mass is 9.85. The van der Waals surface area contributed by atoms with E-state index in [0.29, 0.717) is 12.3 Å². The molecule has 0 fully saturated rings. The number of rotatable bonds is 7. The third-order valence-electron chi connectivity index (χ3n) is 5.12. The van der Waals surface area contributed by atoms with Crippen LogP contribution in [0.3, 0.4) is 0 Å². The standard InChI is InChI=1S/C24H30INO5/c1-24(2,3)22(31-18-7-5-4-6-8-18)20(27)15-29-23(28)26-14-19-11-9-16-13-17(25)10-12-21(16)30-19/h4-8,10,12-13,19-20,22,27H,9,11,14-15H2,1-3H3,(H,26,28)/t19-,20+,22?/m1/s1. The summed E-state index contributed by atoms with van der Waals surface area (Å²) >= 11 is 2.29. The molecule has 1 amide bonds. The van der Waals surface area contributed by atoms with E-state index in [1.165, 1.54) is 9.13 Å². The van der Waals surface area contributed by atoms with Gasteiger partial charge in [0.15, 0.2) is 0 Å². The Balaban J connectivity index is 1.46. The van der Waals surface area contributed by atoms with E-state index in [-0.39, 0.29) is 18.1 Å². The largest absolute Gasteiger partial charge is 0.488 e. The van der Waals surface area contributed by atoms with Gasteiger partial charge >= 0.3 is 6.09 Å². The quantitative estimate of drug-likeness (QED) is 0.505. The van der Waals surface area contributed by atoms with Gasteiger partial charge in [0.1, 0.15) is 36.4 Å². The molecule has 0 saturated heterocycles. The van der Waals surface area contributed by atoms with Gasteiger partial charge in [0, 0.05) is 8.99 Å². The third kappa shape index (κ3) is 7.00. The van der Waals surface area contributed by atoms with Gasteiger partial charge in [-0.05, 0) is 71.3 Å². The monoisotopic (exact) mass is 539 g/mol. The molecule has 0 saturated carbocycles. The molecule has 2 aromatic rings. The average Bonchev–Trinajstić information content (AvgIpc) is 2.74. The maximum absolute atomic E-state index is 12.2. The molecule has 0 aromatic heterocycles. The predicted molar refractivity (Wildman–Crippen MR) is 128 cm³/mol. The molecular formula is C24H30INO5. The van der Waals surface area contributed by atoms with Crippen LogP contribution in [0.4, 0.5) is 4.79 Å². The number of para-hydroxylation sites is 1. The van der Waals surface area contributed by atoms with E-state index < -0.39 is 18.3 Å². The molecule has 1 aliphatic heterocycles. The second-order valence-corrected chi connectivity index (χ2v) is 10.0. The van der Waals surface area contributed by atoms with E-state index in [9.17, 15) is 9.90 Å². The SMILES string of the molecule is CC(C)(C)C(Oc1ccccc1)[C@@H](O)COC(=O)NC[C@H]1CCc2cc(I)ccc2O1. The Labute approximate surface area is 197 Å². The summed E-state index contributed by atoms with van der Waals surface area (Å²) in [7, 11) is 0. The van der Waals surface area contributed by atoms with Crippen molar-refractivity contribution in [3.8, 4) is 11.5 Å². The number of fused-ring (bicyclic) bond motifs is 1. The number of carbonyl (C=O) groups is 1. The molecule has 31 heavy (non-hydrogen) atoms. The van der Waals surface area contributed by atoms with Gasteiger partial charge in [-0.1, -0.05) is 39.0 Å². The Hall–Kier alpha value is -2.00. The van der Waals surface area contributed by atoms with Crippen LogP contribution in [-0.2, 0) is 11.2 Å². The van der Waals surface area contributed by atoms with Crippen molar-refractivity contribution < 1.29 is 24.1 Å². The lowest BCUT2D eigenvalue weighted by molar-refractivity contribution is -0.0535. The molecule has 0 spiro atoms. The minimum Gasteiger partial charge on any atom is -0.488 e. The first-order chi connectivity index (χ1) is 14.7. The van der Waals surface area contributed by atoms with Gasteiger partial charge in [-0.2, -0.15) is 0 Å². The summed E-state index contributed by atoms with van der Waals surface area (Å²) in [6.07, 6.45) is -0.448. The molecule has 2 N–H and O–H groups in total. The fourth-order valence-corrected chi connectivity index (χ4v) is 4.09. The van der Waals surface area contributed by atoms with Crippen LogP contribution in [0, 0.1) is 8.99 Å². The molecule has 3 rings (SSSR count). The highest BCUT2D eigenvalue weighted by molar-refractivity contribution is 14.1. The average molecular weight is 539 g/mol. The Bertz CT molecular complexity index is 868. The molecule has 3 atom stereocenters. The Morgan fingerprint density at radius 2 is 2.00 bits per heavy atom. The summed E-state index contributed by atoms with van der Waals surface area (Å²) in [5.41, 5.74) is 0.844. The van der Waals surface area contributed by atoms with E-state index >= 15 is 0 Å². The second kappa shape index (κ2) is 10.5. The van der Waals surface area contributed by atoms with Crippen molar-refractivity contribution in [1.29, 1.82) is 0 Å². The van der Waals surface area contributed by atoms with Crippen LogP contribution in [0.15, 0.2) is 48.5 Å². The van der Waals surface area contributed by atoms with Crippen LogP contribution in [0.1, 0.15) is 32.8 Å². The summed E-state index contributed by atoms with van der Waals surface area (Å²) in [4.78, 5) is 12.2. The third-order valence-corrected chi connectivity index (χ3v) is 5.79. The highest BCUT2D eigenvalue weighted by Crippen LogP contribution is 2.29. The van der Waals surface area contributed by atoms with Crippen molar-refractivity contribution in [1.82, 2.24) is 5.32 Å². The molecule has 0 radical (unpaired) electrons. The molecule has 1 heterocycles. The van der Waals surface area contributed by atoms with Gasteiger partial charge in [-0.15, -0.1) is 0 Å². The summed E-state index contributed by atoms with van der Waals surface area (Å²) in [5, 5.41) is 13.4. The maximum atomic E-state index is 12.2. The van der Waals surface area contributed by atoms with Gasteiger partial charge in [-0.3, -0.25) is 0 Å². The van der Waals surface area contributed by atoms with Crippen LogP contribution in [-0.4, -0.2) is 42.7 Å². The fourth-order valence-electron chi connectivity index (χ4n) is 3.53. The number of halogens is 1. The topological polar surface area (TPSA) is 77.0 Å². The minimum absolute atomic E-state index is 0.103. The second-order valence-electron chi connectivity index (χ2n) is 8.79. The van der Waals surface area contributed by atoms with Gasteiger partial charge in [-0.25, -0.2) is 4.79 Å². The number of hydrogen-bond acceptors (Lipinski definition) is 5. The van der Waals surface area contributed by atoms with Crippen molar-refractivity contribution in [3.05, 3.63) is 57.7 Å². The van der Waals surface area contributed by atoms with Crippen LogP contribution in [0.25, 0.3) is 0 Å². The van der Waals surface area contributed by atoms with E-state index in [0.717, 1.165) is 18.6 Å². The highest BCUT2D eigenvalue weighted by Gasteiger charge is 2.34. The van der Waals surface area contributed by atoms with Crippen molar-refractivity contribution >= 4 is 28.7 Å². The molecule has 7 heteroatoms. The summed E-state index contributed by atoms with van der Waals surface area (Å²) < 4.78 is 18.4. The first kappa shape index (κ1) is 23.7. The lowest BCUT2D eigenvalue weighted by Crippen LogP contribution is -2.46. The van der Waals surface area contributed by atoms with Gasteiger partial charge in [0.05, 0.1) is 6.54 Å². The number of aliphatic hydroxyl groups is 1. The first-order valence-corrected chi connectivity index (χ1v) is 11.6. The fraction of sp³-hybridized carbons (Fsp3) is 0.458. The number of ether oxygens (including phenoxy) is 3. The molecule has 1 aliphatic rings. The van der Waals surface area contributed by atoms with Gasteiger partial charge in [0.25, 0.3) is 0 Å². The number of nitrogens with one attached hydrogen (secondary N) is 1. The van der Waals surface area contributed by atoms with E-state index in [1.54, 1.807) is 0 Å².